The lowest BCUT2D eigenvalue weighted by Gasteiger charge is -2.22. The van der Waals surface area contributed by atoms with Crippen molar-refractivity contribution < 1.29 is 0 Å². The van der Waals surface area contributed by atoms with E-state index < -0.39 is 0 Å². The van der Waals surface area contributed by atoms with Crippen LogP contribution in [0, 0.1) is 20.8 Å². The van der Waals surface area contributed by atoms with Crippen molar-refractivity contribution in [2.24, 2.45) is 0 Å². The maximum atomic E-state index is 4.85. The van der Waals surface area contributed by atoms with E-state index in [0.717, 1.165) is 5.69 Å². The summed E-state index contributed by atoms with van der Waals surface area (Å²) >= 11 is 1.84. The van der Waals surface area contributed by atoms with Gasteiger partial charge < -0.3 is 0 Å². The minimum Gasteiger partial charge on any atom is -0.255 e. The lowest BCUT2D eigenvalue weighted by Crippen LogP contribution is -2.11. The minimum absolute atomic E-state index is 0.120. The first-order valence-corrected chi connectivity index (χ1v) is 12.3. The number of thiophene rings is 1. The van der Waals surface area contributed by atoms with Crippen LogP contribution in [-0.2, 0) is 10.8 Å². The van der Waals surface area contributed by atoms with Crippen molar-refractivity contribution in [2.75, 3.05) is 0 Å². The first-order valence-electron chi connectivity index (χ1n) is 11.5. The van der Waals surface area contributed by atoms with Crippen LogP contribution in [-0.4, -0.2) is 4.98 Å². The summed E-state index contributed by atoms with van der Waals surface area (Å²) < 4.78 is 1.24. The first kappa shape index (κ1) is 22.7. The van der Waals surface area contributed by atoms with Crippen molar-refractivity contribution in [3.63, 3.8) is 0 Å². The van der Waals surface area contributed by atoms with Crippen molar-refractivity contribution in [2.45, 2.75) is 73.1 Å². The summed E-state index contributed by atoms with van der Waals surface area (Å²) in [7, 11) is 0. The third-order valence-corrected chi connectivity index (χ3v) is 7.39. The summed E-state index contributed by atoms with van der Waals surface area (Å²) in [6, 6.07) is 16.2. The number of hydrogen-bond donors (Lipinski definition) is 0. The maximum Gasteiger partial charge on any atom is 0.0709 e. The second kappa shape index (κ2) is 7.85. The van der Waals surface area contributed by atoms with E-state index in [0.29, 0.717) is 0 Å². The Morgan fingerprint density at radius 3 is 1.88 bits per heavy atom. The monoisotopic (exact) mass is 441 g/mol. The molecule has 0 unspecified atom stereocenters. The van der Waals surface area contributed by atoms with Gasteiger partial charge in [-0.25, -0.2) is 0 Å². The van der Waals surface area contributed by atoms with Gasteiger partial charge in [-0.05, 0) is 89.1 Å². The molecule has 0 amide bonds. The van der Waals surface area contributed by atoms with E-state index in [1.54, 1.807) is 0 Å². The zero-order valence-electron chi connectivity index (χ0n) is 21.0. The molecule has 0 radical (unpaired) electrons. The summed E-state index contributed by atoms with van der Waals surface area (Å²) in [5.74, 6) is 0. The van der Waals surface area contributed by atoms with Crippen LogP contribution >= 0.6 is 11.3 Å². The molecule has 0 fully saturated rings. The molecule has 0 atom stereocenters. The van der Waals surface area contributed by atoms with Crippen LogP contribution in [0.2, 0.25) is 0 Å². The number of fused-ring (bicyclic) bond motifs is 1. The maximum absolute atomic E-state index is 4.85. The SMILES string of the molecule is Cc1cc(-c2cc3cc(-c4c(C)cc(C(C)(C)C)cc4C)sc3cn2)cc(C(C)(C)C)c1. The van der Waals surface area contributed by atoms with Crippen LogP contribution in [0.1, 0.15) is 69.4 Å². The molecule has 0 spiro atoms. The smallest absolute Gasteiger partial charge is 0.0709 e. The number of benzene rings is 2. The van der Waals surface area contributed by atoms with Crippen molar-refractivity contribution in [3.8, 4) is 21.7 Å². The van der Waals surface area contributed by atoms with Gasteiger partial charge in [-0.1, -0.05) is 65.3 Å². The summed E-state index contributed by atoms with van der Waals surface area (Å²) in [6.07, 6.45) is 2.05. The van der Waals surface area contributed by atoms with Gasteiger partial charge in [-0.15, -0.1) is 11.3 Å². The van der Waals surface area contributed by atoms with Crippen molar-refractivity contribution in [1.82, 2.24) is 4.98 Å². The van der Waals surface area contributed by atoms with Gasteiger partial charge in [-0.3, -0.25) is 4.98 Å². The Bertz CT molecular complexity index is 1290. The van der Waals surface area contributed by atoms with Crippen LogP contribution in [0.5, 0.6) is 0 Å². The van der Waals surface area contributed by atoms with Gasteiger partial charge in [0.2, 0.25) is 0 Å². The van der Waals surface area contributed by atoms with Crippen LogP contribution in [0.25, 0.3) is 31.8 Å². The van der Waals surface area contributed by atoms with Crippen LogP contribution in [0.3, 0.4) is 0 Å². The van der Waals surface area contributed by atoms with Crippen LogP contribution < -0.4 is 0 Å². The van der Waals surface area contributed by atoms with E-state index >= 15 is 0 Å². The molecule has 0 aliphatic rings. The van der Waals surface area contributed by atoms with E-state index in [2.05, 4.69) is 105 Å². The average molecular weight is 442 g/mol. The Balaban J connectivity index is 1.80. The van der Waals surface area contributed by atoms with E-state index in [9.17, 15) is 0 Å². The highest BCUT2D eigenvalue weighted by atomic mass is 32.1. The fourth-order valence-corrected chi connectivity index (χ4v) is 5.56. The van der Waals surface area contributed by atoms with Gasteiger partial charge in [0.1, 0.15) is 0 Å². The molecule has 1 nitrogen and oxygen atoms in total. The fraction of sp³-hybridized carbons (Fsp3) is 0.367. The standard InChI is InChI=1S/C30H35NS/c1-18-10-21(14-23(11-18)29(4,5)6)25-15-22-16-26(32-27(22)17-31-25)28-19(2)12-24(13-20(28)3)30(7,8)9/h10-17H,1-9H3. The number of rotatable bonds is 2. The highest BCUT2D eigenvalue weighted by Crippen LogP contribution is 2.40. The number of hydrogen-bond acceptors (Lipinski definition) is 2. The van der Waals surface area contributed by atoms with Gasteiger partial charge in [-0.2, -0.15) is 0 Å². The molecule has 4 aromatic rings. The van der Waals surface area contributed by atoms with Crippen molar-refractivity contribution >= 4 is 21.4 Å². The number of aryl methyl sites for hydroxylation is 3. The molecule has 0 aliphatic heterocycles. The van der Waals surface area contributed by atoms with Gasteiger partial charge in [0.15, 0.2) is 0 Å². The average Bonchev–Trinajstić information content (AvgIpc) is 3.08. The van der Waals surface area contributed by atoms with Gasteiger partial charge in [0.05, 0.1) is 10.4 Å². The van der Waals surface area contributed by atoms with E-state index in [1.807, 2.05) is 17.5 Å². The van der Waals surface area contributed by atoms with Gasteiger partial charge >= 0.3 is 0 Å². The zero-order valence-corrected chi connectivity index (χ0v) is 21.8. The van der Waals surface area contributed by atoms with Gasteiger partial charge in [0.25, 0.3) is 0 Å². The second-order valence-corrected chi connectivity index (χ2v) is 12.4. The van der Waals surface area contributed by atoms with E-state index in [1.165, 1.54) is 53.9 Å². The molecule has 0 saturated heterocycles. The molecule has 2 aromatic heterocycles. The Morgan fingerprint density at radius 1 is 0.688 bits per heavy atom. The molecule has 166 valence electrons. The Kier molecular flexibility index (Phi) is 5.57. The third kappa shape index (κ3) is 4.38. The Hall–Kier alpha value is -2.45. The quantitative estimate of drug-likeness (QED) is 0.302. The molecular formula is C30H35NS. The molecule has 0 saturated carbocycles. The molecule has 2 heterocycles. The number of pyridine rings is 1. The Labute approximate surface area is 197 Å². The lowest BCUT2D eigenvalue weighted by atomic mass is 9.83. The first-order chi connectivity index (χ1) is 14.8. The summed E-state index contributed by atoms with van der Waals surface area (Å²) in [5, 5.41) is 1.27. The van der Waals surface area contributed by atoms with E-state index in [4.69, 9.17) is 4.98 Å². The summed E-state index contributed by atoms with van der Waals surface area (Å²) in [5.41, 5.74) is 10.6. The lowest BCUT2D eigenvalue weighted by molar-refractivity contribution is 0.589. The number of aromatic nitrogens is 1. The van der Waals surface area contributed by atoms with Crippen LogP contribution in [0.4, 0.5) is 0 Å². The highest BCUT2D eigenvalue weighted by molar-refractivity contribution is 7.22. The fourth-order valence-electron chi connectivity index (χ4n) is 4.38. The second-order valence-electron chi connectivity index (χ2n) is 11.3. The predicted octanol–water partition coefficient (Wildman–Crippen LogP) is 9.15. The molecule has 0 N–H and O–H groups in total. The topological polar surface area (TPSA) is 12.9 Å². The normalized spacial score (nSPS) is 12.5. The summed E-state index contributed by atoms with van der Waals surface area (Å²) in [6.45, 7) is 20.3. The van der Waals surface area contributed by atoms with Crippen molar-refractivity contribution in [3.05, 3.63) is 76.5 Å². The molecule has 2 aromatic carbocycles. The largest absolute Gasteiger partial charge is 0.255 e. The van der Waals surface area contributed by atoms with Crippen LogP contribution in [0.15, 0.2) is 48.7 Å². The Morgan fingerprint density at radius 2 is 1.28 bits per heavy atom. The molecular weight excluding hydrogens is 406 g/mol. The summed E-state index contributed by atoms with van der Waals surface area (Å²) in [4.78, 5) is 6.18. The zero-order chi connectivity index (χ0) is 23.4. The molecule has 4 rings (SSSR count). The molecule has 0 aliphatic carbocycles. The molecule has 2 heteroatoms. The minimum atomic E-state index is 0.120. The highest BCUT2D eigenvalue weighted by Gasteiger charge is 2.19. The molecule has 0 bridgehead atoms. The third-order valence-electron chi connectivity index (χ3n) is 6.29. The molecule has 32 heavy (non-hydrogen) atoms. The predicted molar refractivity (Wildman–Crippen MR) is 142 cm³/mol. The van der Waals surface area contributed by atoms with Crippen molar-refractivity contribution in [1.29, 1.82) is 0 Å². The van der Waals surface area contributed by atoms with Gasteiger partial charge in [0, 0.05) is 16.6 Å². The number of nitrogens with zero attached hydrogens (tertiary/aromatic N) is 1. The van der Waals surface area contributed by atoms with E-state index in [-0.39, 0.29) is 10.8 Å².